The van der Waals surface area contributed by atoms with Crippen LogP contribution in [0.4, 0.5) is 11.5 Å². The van der Waals surface area contributed by atoms with Crippen LogP contribution in [0.15, 0.2) is 36.5 Å². The average Bonchev–Trinajstić information content (AvgIpc) is 2.67. The first kappa shape index (κ1) is 21.7. The van der Waals surface area contributed by atoms with Gasteiger partial charge in [0.05, 0.1) is 16.0 Å². The van der Waals surface area contributed by atoms with Crippen LogP contribution in [-0.4, -0.2) is 34.6 Å². The average molecular weight is 428 g/mol. The van der Waals surface area contributed by atoms with Crippen molar-refractivity contribution in [3.63, 3.8) is 0 Å². The largest absolute Gasteiger partial charge is 0.477 e. The molecule has 1 aromatic heterocycles. The van der Waals surface area contributed by atoms with Crippen molar-refractivity contribution < 1.29 is 19.2 Å². The van der Waals surface area contributed by atoms with Gasteiger partial charge < -0.3 is 14.8 Å². The van der Waals surface area contributed by atoms with Crippen molar-refractivity contribution in [2.45, 2.75) is 32.4 Å². The molecule has 2 atom stereocenters. The van der Waals surface area contributed by atoms with Gasteiger partial charge in [-0.1, -0.05) is 30.1 Å². The molecule has 1 heterocycles. The van der Waals surface area contributed by atoms with Crippen LogP contribution in [0, 0.1) is 10.1 Å². The molecule has 1 N–H and O–H groups in total. The third-order valence-corrected chi connectivity index (χ3v) is 4.29. The Morgan fingerprint density at radius 3 is 2.64 bits per heavy atom. The van der Waals surface area contributed by atoms with Crippen LogP contribution in [-0.2, 0) is 9.53 Å². The summed E-state index contributed by atoms with van der Waals surface area (Å²) >= 11 is 11.9. The van der Waals surface area contributed by atoms with E-state index in [1.54, 1.807) is 19.1 Å². The SMILES string of the molecule is CCC(COC(=O)C(C)Oc1ccc(Cl)cc1Cl)Nc1ccc([N+](=O)[O-])cn1. The van der Waals surface area contributed by atoms with E-state index < -0.39 is 17.0 Å². The summed E-state index contributed by atoms with van der Waals surface area (Å²) in [4.78, 5) is 26.3. The van der Waals surface area contributed by atoms with E-state index in [4.69, 9.17) is 32.7 Å². The Morgan fingerprint density at radius 2 is 2.07 bits per heavy atom. The number of benzene rings is 1. The molecule has 1 aromatic carbocycles. The quantitative estimate of drug-likeness (QED) is 0.356. The lowest BCUT2D eigenvalue weighted by Crippen LogP contribution is -2.32. The molecular weight excluding hydrogens is 409 g/mol. The molecule has 0 saturated carbocycles. The predicted molar refractivity (Wildman–Crippen MR) is 106 cm³/mol. The Balaban J connectivity index is 1.87. The topological polar surface area (TPSA) is 104 Å². The van der Waals surface area contributed by atoms with Crippen LogP contribution < -0.4 is 10.1 Å². The number of aromatic nitrogens is 1. The Kier molecular flexibility index (Phi) is 7.83. The van der Waals surface area contributed by atoms with Crippen LogP contribution >= 0.6 is 23.2 Å². The maximum atomic E-state index is 12.2. The lowest BCUT2D eigenvalue weighted by Gasteiger charge is -2.20. The second-order valence-corrected chi connectivity index (χ2v) is 6.72. The summed E-state index contributed by atoms with van der Waals surface area (Å²) in [6, 6.07) is 7.32. The molecule has 0 amide bonds. The van der Waals surface area contributed by atoms with Crippen LogP contribution in [0.3, 0.4) is 0 Å². The van der Waals surface area contributed by atoms with Gasteiger partial charge >= 0.3 is 5.97 Å². The first-order valence-electron chi connectivity index (χ1n) is 8.45. The smallest absolute Gasteiger partial charge is 0.347 e. The highest BCUT2D eigenvalue weighted by Crippen LogP contribution is 2.28. The van der Waals surface area contributed by atoms with Gasteiger partial charge in [0.25, 0.3) is 5.69 Å². The molecule has 2 aromatic rings. The van der Waals surface area contributed by atoms with Crippen molar-refractivity contribution in [2.75, 3.05) is 11.9 Å². The predicted octanol–water partition coefficient (Wildman–Crippen LogP) is 4.50. The molecule has 10 heteroatoms. The number of ether oxygens (including phenoxy) is 2. The second kappa shape index (κ2) is 10.1. The molecule has 0 fully saturated rings. The number of carbonyl (C=O) groups excluding carboxylic acids is 1. The van der Waals surface area contributed by atoms with Crippen molar-refractivity contribution in [1.82, 2.24) is 4.98 Å². The first-order chi connectivity index (χ1) is 13.3. The minimum atomic E-state index is -0.867. The highest BCUT2D eigenvalue weighted by Gasteiger charge is 2.20. The van der Waals surface area contributed by atoms with E-state index in [0.29, 0.717) is 28.0 Å². The fourth-order valence-corrected chi connectivity index (χ4v) is 2.61. The van der Waals surface area contributed by atoms with Gasteiger partial charge in [-0.15, -0.1) is 0 Å². The molecular formula is C18H19Cl2N3O5. The molecule has 0 aliphatic rings. The molecule has 0 radical (unpaired) electrons. The fraction of sp³-hybridized carbons (Fsp3) is 0.333. The second-order valence-electron chi connectivity index (χ2n) is 5.87. The van der Waals surface area contributed by atoms with Crippen molar-refractivity contribution in [1.29, 1.82) is 0 Å². The van der Waals surface area contributed by atoms with Crippen molar-refractivity contribution in [2.24, 2.45) is 0 Å². The molecule has 2 rings (SSSR count). The number of hydrogen-bond acceptors (Lipinski definition) is 7. The Labute approximate surface area is 171 Å². The molecule has 0 bridgehead atoms. The Bertz CT molecular complexity index is 832. The van der Waals surface area contributed by atoms with E-state index >= 15 is 0 Å². The summed E-state index contributed by atoms with van der Waals surface area (Å²) in [5.41, 5.74) is -0.100. The van der Waals surface area contributed by atoms with Crippen LogP contribution in [0.25, 0.3) is 0 Å². The van der Waals surface area contributed by atoms with Crippen LogP contribution in [0.2, 0.25) is 10.0 Å². The summed E-state index contributed by atoms with van der Waals surface area (Å²) in [6.45, 7) is 3.54. The van der Waals surface area contributed by atoms with E-state index in [-0.39, 0.29) is 18.3 Å². The van der Waals surface area contributed by atoms with E-state index in [1.165, 1.54) is 18.2 Å². The van der Waals surface area contributed by atoms with Gasteiger partial charge in [0.2, 0.25) is 0 Å². The number of pyridine rings is 1. The number of nitrogens with one attached hydrogen (secondary N) is 1. The molecule has 0 aliphatic carbocycles. The van der Waals surface area contributed by atoms with Gasteiger partial charge in [-0.05, 0) is 37.6 Å². The minimum Gasteiger partial charge on any atom is -0.477 e. The zero-order valence-electron chi connectivity index (χ0n) is 15.2. The molecule has 28 heavy (non-hydrogen) atoms. The van der Waals surface area contributed by atoms with Gasteiger partial charge in [0.1, 0.15) is 24.4 Å². The van der Waals surface area contributed by atoms with Gasteiger partial charge in [0, 0.05) is 11.1 Å². The highest BCUT2D eigenvalue weighted by atomic mass is 35.5. The lowest BCUT2D eigenvalue weighted by atomic mass is 10.2. The van der Waals surface area contributed by atoms with Gasteiger partial charge in [-0.3, -0.25) is 10.1 Å². The normalized spacial score (nSPS) is 12.7. The first-order valence-corrected chi connectivity index (χ1v) is 9.21. The summed E-state index contributed by atoms with van der Waals surface area (Å²) < 4.78 is 10.8. The number of esters is 1. The van der Waals surface area contributed by atoms with E-state index in [9.17, 15) is 14.9 Å². The van der Waals surface area contributed by atoms with Crippen molar-refractivity contribution in [3.05, 3.63) is 56.7 Å². The molecule has 0 spiro atoms. The molecule has 0 saturated heterocycles. The monoisotopic (exact) mass is 427 g/mol. The summed E-state index contributed by atoms with van der Waals surface area (Å²) in [6.07, 6.45) is 0.936. The number of halogens is 2. The van der Waals surface area contributed by atoms with Gasteiger partial charge in [0.15, 0.2) is 6.10 Å². The van der Waals surface area contributed by atoms with E-state index in [0.717, 1.165) is 6.20 Å². The maximum absolute atomic E-state index is 12.2. The number of anilines is 1. The van der Waals surface area contributed by atoms with E-state index in [2.05, 4.69) is 10.3 Å². The summed E-state index contributed by atoms with van der Waals surface area (Å²) in [7, 11) is 0. The minimum absolute atomic E-state index is 0.0794. The molecule has 2 unspecified atom stereocenters. The standard InChI is InChI=1S/C18H19Cl2N3O5/c1-3-13(22-17-7-5-14(9-21-17)23(25)26)10-27-18(24)11(2)28-16-6-4-12(19)8-15(16)20/h4-9,11,13H,3,10H2,1-2H3,(H,21,22). The van der Waals surface area contributed by atoms with Crippen LogP contribution in [0.5, 0.6) is 5.75 Å². The van der Waals surface area contributed by atoms with Crippen LogP contribution in [0.1, 0.15) is 20.3 Å². The number of hydrogen-bond donors (Lipinski definition) is 1. The number of rotatable bonds is 9. The summed E-state index contributed by atoms with van der Waals surface area (Å²) in [5, 5.41) is 14.5. The molecule has 0 aliphatic heterocycles. The number of nitrogens with zero attached hydrogens (tertiary/aromatic N) is 2. The highest BCUT2D eigenvalue weighted by molar-refractivity contribution is 6.35. The zero-order valence-corrected chi connectivity index (χ0v) is 16.7. The van der Waals surface area contributed by atoms with Crippen molar-refractivity contribution >= 4 is 40.7 Å². The fourth-order valence-electron chi connectivity index (χ4n) is 2.16. The zero-order chi connectivity index (χ0) is 20.7. The lowest BCUT2D eigenvalue weighted by molar-refractivity contribution is -0.385. The van der Waals surface area contributed by atoms with Gasteiger partial charge in [-0.2, -0.15) is 0 Å². The number of nitro groups is 1. The molecule has 8 nitrogen and oxygen atoms in total. The summed E-state index contributed by atoms with van der Waals surface area (Å²) in [5.74, 6) is 0.226. The maximum Gasteiger partial charge on any atom is 0.347 e. The van der Waals surface area contributed by atoms with Gasteiger partial charge in [-0.25, -0.2) is 9.78 Å². The van der Waals surface area contributed by atoms with E-state index in [1.807, 2.05) is 6.92 Å². The molecule has 150 valence electrons. The Hall–Kier alpha value is -2.58. The number of carbonyl (C=O) groups is 1. The van der Waals surface area contributed by atoms with Crippen molar-refractivity contribution in [3.8, 4) is 5.75 Å². The Morgan fingerprint density at radius 1 is 1.32 bits per heavy atom. The third kappa shape index (κ3) is 6.24. The third-order valence-electron chi connectivity index (χ3n) is 3.76.